The average molecular weight is 370 g/mol. The fraction of sp³-hybridized carbons (Fsp3) is 0.450. The number of nitrogens with one attached hydrogen (secondary N) is 2. The van der Waals surface area contributed by atoms with Crippen LogP contribution in [-0.4, -0.2) is 35.0 Å². The minimum absolute atomic E-state index is 0.213. The average Bonchev–Trinajstić information content (AvgIpc) is 3.06. The lowest BCUT2D eigenvalue weighted by molar-refractivity contribution is 0.0943. The van der Waals surface area contributed by atoms with E-state index in [4.69, 9.17) is 4.74 Å². The van der Waals surface area contributed by atoms with Crippen LogP contribution in [0.25, 0.3) is 0 Å². The quantitative estimate of drug-likeness (QED) is 0.819. The molecule has 2 amide bonds. The van der Waals surface area contributed by atoms with E-state index in [1.165, 1.54) is 0 Å². The van der Waals surface area contributed by atoms with E-state index in [1.54, 1.807) is 25.3 Å². The smallest absolute Gasteiger partial charge is 0.291 e. The Bertz CT molecular complexity index is 842. The molecule has 0 radical (unpaired) electrons. The van der Waals surface area contributed by atoms with Crippen LogP contribution in [-0.2, 0) is 13.0 Å². The normalized spacial score (nSPS) is 13.2. The molecule has 0 atom stereocenters. The Hall–Kier alpha value is -2.83. The second-order valence-corrected chi connectivity index (χ2v) is 7.13. The highest BCUT2D eigenvalue weighted by atomic mass is 16.5. The fourth-order valence-electron chi connectivity index (χ4n) is 3.17. The minimum atomic E-state index is -0.325. The molecule has 27 heavy (non-hydrogen) atoms. The Balaban J connectivity index is 1.86. The molecule has 144 valence electrons. The van der Waals surface area contributed by atoms with Crippen LogP contribution in [0.5, 0.6) is 5.75 Å². The highest BCUT2D eigenvalue weighted by Crippen LogP contribution is 2.23. The van der Waals surface area contributed by atoms with Crippen molar-refractivity contribution in [2.45, 2.75) is 39.7 Å². The number of imidazole rings is 1. The van der Waals surface area contributed by atoms with Crippen molar-refractivity contribution in [3.8, 4) is 5.75 Å². The third-order valence-electron chi connectivity index (χ3n) is 4.53. The van der Waals surface area contributed by atoms with Gasteiger partial charge in [0.2, 0.25) is 0 Å². The number of methoxy groups -OCH3 is 1. The third kappa shape index (κ3) is 4.30. The Morgan fingerprint density at radius 1 is 1.26 bits per heavy atom. The Morgan fingerprint density at radius 2 is 2.07 bits per heavy atom. The van der Waals surface area contributed by atoms with Gasteiger partial charge in [0, 0.05) is 24.8 Å². The zero-order valence-electron chi connectivity index (χ0n) is 16.0. The van der Waals surface area contributed by atoms with Gasteiger partial charge in [0.05, 0.1) is 12.8 Å². The highest BCUT2D eigenvalue weighted by Gasteiger charge is 2.27. The molecular formula is C20H26N4O3. The van der Waals surface area contributed by atoms with Crippen molar-refractivity contribution in [3.05, 3.63) is 41.5 Å². The first-order valence-corrected chi connectivity index (χ1v) is 9.32. The van der Waals surface area contributed by atoms with Crippen LogP contribution >= 0.6 is 0 Å². The van der Waals surface area contributed by atoms with Crippen LogP contribution in [0.15, 0.2) is 24.3 Å². The van der Waals surface area contributed by atoms with Crippen LogP contribution in [0.2, 0.25) is 0 Å². The summed E-state index contributed by atoms with van der Waals surface area (Å²) < 4.78 is 7.07. The maximum Gasteiger partial charge on any atom is 0.291 e. The molecule has 0 saturated heterocycles. The van der Waals surface area contributed by atoms with Crippen LogP contribution < -0.4 is 15.4 Å². The van der Waals surface area contributed by atoms with E-state index in [0.717, 1.165) is 25.0 Å². The number of hydrogen-bond acceptors (Lipinski definition) is 4. The van der Waals surface area contributed by atoms with E-state index in [1.807, 2.05) is 24.5 Å². The van der Waals surface area contributed by atoms with Gasteiger partial charge < -0.3 is 19.9 Å². The van der Waals surface area contributed by atoms with E-state index in [9.17, 15) is 9.59 Å². The van der Waals surface area contributed by atoms with Crippen molar-refractivity contribution in [2.75, 3.05) is 19.0 Å². The van der Waals surface area contributed by atoms with Crippen molar-refractivity contribution in [1.82, 2.24) is 14.9 Å². The highest BCUT2D eigenvalue weighted by molar-refractivity contribution is 6.03. The molecule has 1 aromatic heterocycles. The second kappa shape index (κ2) is 8.24. The first-order valence-electron chi connectivity index (χ1n) is 9.32. The van der Waals surface area contributed by atoms with Gasteiger partial charge in [0.25, 0.3) is 11.8 Å². The Kier molecular flexibility index (Phi) is 5.78. The number of carbonyl (C=O) groups is 2. The number of nitrogens with zero attached hydrogens (tertiary/aromatic N) is 2. The summed E-state index contributed by atoms with van der Waals surface area (Å²) in [4.78, 5) is 29.8. The molecule has 0 aliphatic carbocycles. The lowest BCUT2D eigenvalue weighted by atomic mass is 10.1. The summed E-state index contributed by atoms with van der Waals surface area (Å²) in [6.07, 6.45) is 2.72. The van der Waals surface area contributed by atoms with E-state index < -0.39 is 0 Å². The van der Waals surface area contributed by atoms with Gasteiger partial charge in [-0.25, -0.2) is 4.98 Å². The number of anilines is 1. The van der Waals surface area contributed by atoms with E-state index in [2.05, 4.69) is 15.6 Å². The lowest BCUT2D eigenvalue weighted by Crippen LogP contribution is -2.29. The summed E-state index contributed by atoms with van der Waals surface area (Å²) in [5, 5.41) is 5.75. The molecule has 0 spiro atoms. The Morgan fingerprint density at radius 3 is 2.81 bits per heavy atom. The van der Waals surface area contributed by atoms with Crippen molar-refractivity contribution in [3.63, 3.8) is 0 Å². The van der Waals surface area contributed by atoms with Gasteiger partial charge in [-0.15, -0.1) is 0 Å². The molecule has 7 nitrogen and oxygen atoms in total. The summed E-state index contributed by atoms with van der Waals surface area (Å²) in [6, 6.07) is 7.15. The maximum absolute atomic E-state index is 12.8. The molecule has 0 bridgehead atoms. The summed E-state index contributed by atoms with van der Waals surface area (Å²) in [6.45, 7) is 5.35. The van der Waals surface area contributed by atoms with E-state index in [0.29, 0.717) is 36.1 Å². The molecule has 7 heteroatoms. The van der Waals surface area contributed by atoms with Crippen molar-refractivity contribution < 1.29 is 14.3 Å². The van der Waals surface area contributed by atoms with Gasteiger partial charge >= 0.3 is 0 Å². The number of hydrogen-bond donors (Lipinski definition) is 2. The van der Waals surface area contributed by atoms with Crippen molar-refractivity contribution in [2.24, 2.45) is 5.92 Å². The summed E-state index contributed by atoms with van der Waals surface area (Å²) >= 11 is 0. The van der Waals surface area contributed by atoms with Gasteiger partial charge in [0.15, 0.2) is 5.82 Å². The molecule has 1 aromatic carbocycles. The number of benzene rings is 1. The first-order chi connectivity index (χ1) is 13.0. The zero-order chi connectivity index (χ0) is 19.4. The molecule has 0 saturated carbocycles. The van der Waals surface area contributed by atoms with Gasteiger partial charge in [-0.3, -0.25) is 9.59 Å². The van der Waals surface area contributed by atoms with Crippen molar-refractivity contribution in [1.29, 1.82) is 0 Å². The van der Waals surface area contributed by atoms with Gasteiger partial charge in [-0.05, 0) is 37.3 Å². The standard InChI is InChI=1S/C20H26N4O3/c1-13(2)12-21-19(25)17-16-9-4-5-10-24(16)18(23-17)20(26)22-14-7-6-8-15(11-14)27-3/h6-8,11,13H,4-5,9-10,12H2,1-3H3,(H,21,25)(H,22,26). The maximum atomic E-state index is 12.8. The summed E-state index contributed by atoms with van der Waals surface area (Å²) in [5.41, 5.74) is 1.84. The van der Waals surface area contributed by atoms with Gasteiger partial charge in [-0.2, -0.15) is 0 Å². The van der Waals surface area contributed by atoms with E-state index in [-0.39, 0.29) is 17.6 Å². The predicted octanol–water partition coefficient (Wildman–Crippen LogP) is 2.87. The lowest BCUT2D eigenvalue weighted by Gasteiger charge is -2.17. The Labute approximate surface area is 159 Å². The summed E-state index contributed by atoms with van der Waals surface area (Å²) in [5.74, 6) is 0.751. The molecule has 0 fully saturated rings. The SMILES string of the molecule is COc1cccc(NC(=O)c2nc(C(=O)NCC(C)C)c3n2CCCC3)c1. The molecule has 1 aliphatic heterocycles. The van der Waals surface area contributed by atoms with Crippen LogP contribution in [0.4, 0.5) is 5.69 Å². The predicted molar refractivity (Wildman–Crippen MR) is 103 cm³/mol. The van der Waals surface area contributed by atoms with Crippen LogP contribution in [0.1, 0.15) is 53.5 Å². The molecular weight excluding hydrogens is 344 g/mol. The van der Waals surface area contributed by atoms with Crippen LogP contribution in [0.3, 0.4) is 0 Å². The zero-order valence-corrected chi connectivity index (χ0v) is 16.0. The number of ether oxygens (including phenoxy) is 1. The van der Waals surface area contributed by atoms with Gasteiger partial charge in [-0.1, -0.05) is 19.9 Å². The number of amides is 2. The topological polar surface area (TPSA) is 85.2 Å². The molecule has 2 heterocycles. The molecule has 2 N–H and O–H groups in total. The number of fused-ring (bicyclic) bond motifs is 1. The number of aromatic nitrogens is 2. The molecule has 1 aliphatic rings. The third-order valence-corrected chi connectivity index (χ3v) is 4.53. The molecule has 3 rings (SSSR count). The minimum Gasteiger partial charge on any atom is -0.497 e. The summed E-state index contributed by atoms with van der Waals surface area (Å²) in [7, 11) is 1.58. The van der Waals surface area contributed by atoms with Gasteiger partial charge in [0.1, 0.15) is 11.4 Å². The number of rotatable bonds is 6. The van der Waals surface area contributed by atoms with Crippen LogP contribution in [0, 0.1) is 5.92 Å². The van der Waals surface area contributed by atoms with E-state index >= 15 is 0 Å². The first kappa shape index (κ1) is 18.9. The largest absolute Gasteiger partial charge is 0.497 e. The monoisotopic (exact) mass is 370 g/mol. The number of carbonyl (C=O) groups excluding carboxylic acids is 2. The molecule has 0 unspecified atom stereocenters. The molecule has 2 aromatic rings. The van der Waals surface area contributed by atoms with Crippen molar-refractivity contribution >= 4 is 17.5 Å². The fourth-order valence-corrected chi connectivity index (χ4v) is 3.17. The second-order valence-electron chi connectivity index (χ2n) is 7.13.